The maximum Gasteiger partial charge on any atom is 0.191 e. The van der Waals surface area contributed by atoms with Crippen LogP contribution < -0.4 is 10.6 Å². The quantitative estimate of drug-likeness (QED) is 0.436. The second-order valence-corrected chi connectivity index (χ2v) is 9.31. The topological polar surface area (TPSA) is 67.1 Å². The molecule has 0 amide bonds. The van der Waals surface area contributed by atoms with E-state index in [2.05, 4.69) is 64.3 Å². The van der Waals surface area contributed by atoms with Crippen molar-refractivity contribution in [3.05, 3.63) is 55.9 Å². The van der Waals surface area contributed by atoms with Crippen molar-refractivity contribution < 1.29 is 0 Å². The normalized spacial score (nSPS) is 12.9. The smallest absolute Gasteiger partial charge is 0.191 e. The second-order valence-electron chi connectivity index (χ2n) is 6.91. The molecule has 0 bridgehead atoms. The fourth-order valence-corrected chi connectivity index (χ4v) is 4.56. The number of hydrogen-bond acceptors (Lipinski definition) is 5. The Labute approximate surface area is 174 Å². The molecule has 0 fully saturated rings. The fraction of sp³-hybridized carbons (Fsp3) is 0.450. The fourth-order valence-electron chi connectivity index (χ4n) is 2.83. The Morgan fingerprint density at radius 1 is 1.21 bits per heavy atom. The SMILES string of the molecule is Cc1ccc(CC(C)NC(=NCc2nnc(C)n2C)NCCc2cccs2)s1. The van der Waals surface area contributed by atoms with Gasteiger partial charge in [-0.15, -0.1) is 32.9 Å². The van der Waals surface area contributed by atoms with Gasteiger partial charge in [0.05, 0.1) is 0 Å². The van der Waals surface area contributed by atoms with Crippen LogP contribution in [0.4, 0.5) is 0 Å². The van der Waals surface area contributed by atoms with Gasteiger partial charge in [0, 0.05) is 40.7 Å². The molecule has 28 heavy (non-hydrogen) atoms. The first-order valence-electron chi connectivity index (χ1n) is 9.48. The molecule has 3 rings (SSSR count). The minimum atomic E-state index is 0.285. The summed E-state index contributed by atoms with van der Waals surface area (Å²) in [5, 5.41) is 17.5. The van der Waals surface area contributed by atoms with Gasteiger partial charge in [-0.1, -0.05) is 6.07 Å². The van der Waals surface area contributed by atoms with Gasteiger partial charge in [-0.2, -0.15) is 0 Å². The molecule has 0 spiro atoms. The summed E-state index contributed by atoms with van der Waals surface area (Å²) in [4.78, 5) is 8.86. The van der Waals surface area contributed by atoms with Gasteiger partial charge in [-0.3, -0.25) is 0 Å². The van der Waals surface area contributed by atoms with Crippen LogP contribution in [0, 0.1) is 13.8 Å². The van der Waals surface area contributed by atoms with E-state index in [4.69, 9.17) is 4.99 Å². The summed E-state index contributed by atoms with van der Waals surface area (Å²) >= 11 is 3.64. The average Bonchev–Trinajstić information content (AvgIpc) is 3.38. The number of aliphatic imine (C=N–C) groups is 1. The largest absolute Gasteiger partial charge is 0.356 e. The summed E-state index contributed by atoms with van der Waals surface area (Å²) in [6.45, 7) is 7.63. The highest BCUT2D eigenvalue weighted by molar-refractivity contribution is 7.11. The van der Waals surface area contributed by atoms with Crippen LogP contribution in [0.1, 0.15) is 33.2 Å². The molecule has 6 nitrogen and oxygen atoms in total. The van der Waals surface area contributed by atoms with Gasteiger partial charge in [-0.25, -0.2) is 4.99 Å². The van der Waals surface area contributed by atoms with Crippen molar-refractivity contribution in [3.8, 4) is 0 Å². The Kier molecular flexibility index (Phi) is 7.22. The van der Waals surface area contributed by atoms with Crippen LogP contribution in [0.3, 0.4) is 0 Å². The number of aromatic nitrogens is 3. The maximum absolute atomic E-state index is 4.75. The minimum Gasteiger partial charge on any atom is -0.356 e. The van der Waals surface area contributed by atoms with E-state index in [1.807, 2.05) is 29.9 Å². The Bertz CT molecular complexity index is 894. The Morgan fingerprint density at radius 3 is 2.71 bits per heavy atom. The number of rotatable bonds is 8. The first kappa shape index (κ1) is 20.5. The van der Waals surface area contributed by atoms with Gasteiger partial charge < -0.3 is 15.2 Å². The summed E-state index contributed by atoms with van der Waals surface area (Å²) < 4.78 is 1.98. The third kappa shape index (κ3) is 5.90. The second kappa shape index (κ2) is 9.84. The average molecular weight is 417 g/mol. The maximum atomic E-state index is 4.75. The third-order valence-corrected chi connectivity index (χ3v) is 6.45. The lowest BCUT2D eigenvalue weighted by Crippen LogP contribution is -2.43. The molecule has 0 aliphatic heterocycles. The number of nitrogens with zero attached hydrogens (tertiary/aromatic N) is 4. The van der Waals surface area contributed by atoms with Crippen molar-refractivity contribution in [3.63, 3.8) is 0 Å². The Hall–Kier alpha value is -2.19. The van der Waals surface area contributed by atoms with E-state index in [-0.39, 0.29) is 6.04 Å². The number of guanidine groups is 1. The van der Waals surface area contributed by atoms with E-state index in [1.165, 1.54) is 14.6 Å². The summed E-state index contributed by atoms with van der Waals surface area (Å²) in [5.41, 5.74) is 0. The summed E-state index contributed by atoms with van der Waals surface area (Å²) in [7, 11) is 1.97. The van der Waals surface area contributed by atoms with E-state index in [9.17, 15) is 0 Å². The lowest BCUT2D eigenvalue weighted by Gasteiger charge is -2.18. The number of aryl methyl sites for hydroxylation is 2. The van der Waals surface area contributed by atoms with Crippen LogP contribution in [-0.2, 0) is 26.4 Å². The van der Waals surface area contributed by atoms with E-state index in [1.54, 1.807) is 11.3 Å². The molecule has 1 unspecified atom stereocenters. The Balaban J connectivity index is 1.61. The van der Waals surface area contributed by atoms with Crippen molar-refractivity contribution in [1.82, 2.24) is 25.4 Å². The third-order valence-electron chi connectivity index (χ3n) is 4.49. The van der Waals surface area contributed by atoms with Crippen molar-refractivity contribution in [2.24, 2.45) is 12.0 Å². The monoisotopic (exact) mass is 416 g/mol. The zero-order valence-electron chi connectivity index (χ0n) is 16.9. The van der Waals surface area contributed by atoms with Crippen molar-refractivity contribution in [2.45, 2.75) is 46.2 Å². The van der Waals surface area contributed by atoms with Gasteiger partial charge in [0.15, 0.2) is 11.8 Å². The molecule has 8 heteroatoms. The lowest BCUT2D eigenvalue weighted by molar-refractivity contribution is 0.640. The lowest BCUT2D eigenvalue weighted by atomic mass is 10.2. The highest BCUT2D eigenvalue weighted by Crippen LogP contribution is 2.16. The molecule has 0 radical (unpaired) electrons. The molecule has 0 aliphatic carbocycles. The summed E-state index contributed by atoms with van der Waals surface area (Å²) in [6, 6.07) is 8.93. The van der Waals surface area contributed by atoms with Gasteiger partial charge >= 0.3 is 0 Å². The van der Waals surface area contributed by atoms with Crippen molar-refractivity contribution in [1.29, 1.82) is 0 Å². The van der Waals surface area contributed by atoms with Crippen LogP contribution >= 0.6 is 22.7 Å². The molecular weight excluding hydrogens is 388 g/mol. The van der Waals surface area contributed by atoms with Crippen molar-refractivity contribution >= 4 is 28.6 Å². The van der Waals surface area contributed by atoms with Crippen molar-refractivity contribution in [2.75, 3.05) is 6.54 Å². The standard InChI is InChI=1S/C20H28N6S2/c1-14(12-18-8-7-15(2)28-18)23-20(21-10-9-17-6-5-11-27-17)22-13-19-25-24-16(3)26(19)4/h5-8,11,14H,9-10,12-13H2,1-4H3,(H2,21,22,23). The zero-order valence-corrected chi connectivity index (χ0v) is 18.5. The number of nitrogens with one attached hydrogen (secondary N) is 2. The van der Waals surface area contributed by atoms with E-state index in [0.29, 0.717) is 6.54 Å². The summed E-state index contributed by atoms with van der Waals surface area (Å²) in [6.07, 6.45) is 1.97. The predicted molar refractivity (Wildman–Crippen MR) is 118 cm³/mol. The molecule has 0 saturated carbocycles. The first-order chi connectivity index (χ1) is 13.5. The van der Waals surface area contributed by atoms with E-state index >= 15 is 0 Å². The van der Waals surface area contributed by atoms with Crippen LogP contribution in [0.15, 0.2) is 34.6 Å². The highest BCUT2D eigenvalue weighted by atomic mass is 32.1. The number of thiophene rings is 2. The molecule has 0 aliphatic rings. The highest BCUT2D eigenvalue weighted by Gasteiger charge is 2.10. The molecule has 0 aromatic carbocycles. The van der Waals surface area contributed by atoms with Gasteiger partial charge in [0.25, 0.3) is 0 Å². The number of hydrogen-bond donors (Lipinski definition) is 2. The zero-order chi connectivity index (χ0) is 19.9. The van der Waals surface area contributed by atoms with Crippen LogP contribution in [0.25, 0.3) is 0 Å². The Morgan fingerprint density at radius 2 is 2.07 bits per heavy atom. The predicted octanol–water partition coefficient (Wildman–Crippen LogP) is 3.46. The van der Waals surface area contributed by atoms with E-state index in [0.717, 1.165) is 37.0 Å². The molecule has 2 N–H and O–H groups in total. The molecule has 1 atom stereocenters. The van der Waals surface area contributed by atoms with E-state index < -0.39 is 0 Å². The van der Waals surface area contributed by atoms with Crippen LogP contribution in [0.2, 0.25) is 0 Å². The molecule has 3 heterocycles. The molecule has 150 valence electrons. The summed E-state index contributed by atoms with van der Waals surface area (Å²) in [5.74, 6) is 2.57. The van der Waals surface area contributed by atoms with Gasteiger partial charge in [-0.05, 0) is 50.8 Å². The molecule has 0 saturated heterocycles. The van der Waals surface area contributed by atoms with Gasteiger partial charge in [0.1, 0.15) is 12.4 Å². The van der Waals surface area contributed by atoms with Crippen LogP contribution in [0.5, 0.6) is 0 Å². The first-order valence-corrected chi connectivity index (χ1v) is 11.2. The molecule has 3 aromatic rings. The van der Waals surface area contributed by atoms with Crippen LogP contribution in [-0.4, -0.2) is 33.3 Å². The molecule has 3 aromatic heterocycles. The molecular formula is C20H28N6S2. The minimum absolute atomic E-state index is 0.285. The van der Waals surface area contributed by atoms with Gasteiger partial charge in [0.2, 0.25) is 0 Å².